The summed E-state index contributed by atoms with van der Waals surface area (Å²) in [5.74, 6) is 3.24. The van der Waals surface area contributed by atoms with Crippen molar-refractivity contribution < 1.29 is 9.53 Å². The number of nitrogens with one attached hydrogen (secondary N) is 1. The van der Waals surface area contributed by atoms with E-state index in [-0.39, 0.29) is 12.1 Å². The molecule has 1 saturated heterocycles. The number of ether oxygens (including phenoxy) is 1. The number of carbonyl (C=O) groups is 1. The lowest BCUT2D eigenvalue weighted by atomic mass is 10.1. The Kier molecular flexibility index (Phi) is 6.49. The molecule has 1 aliphatic heterocycles. The Morgan fingerprint density at radius 1 is 1.52 bits per heavy atom. The van der Waals surface area contributed by atoms with Crippen LogP contribution in [0.3, 0.4) is 0 Å². The van der Waals surface area contributed by atoms with Gasteiger partial charge in [0.1, 0.15) is 11.4 Å². The van der Waals surface area contributed by atoms with E-state index >= 15 is 0 Å². The Morgan fingerprint density at radius 2 is 2.28 bits per heavy atom. The number of halogens is 1. The molecule has 2 heterocycles. The van der Waals surface area contributed by atoms with Crippen LogP contribution in [-0.2, 0) is 11.2 Å². The topological polar surface area (TPSA) is 67.4 Å². The summed E-state index contributed by atoms with van der Waals surface area (Å²) < 4.78 is 5.45. The van der Waals surface area contributed by atoms with Crippen LogP contribution in [0.4, 0.5) is 10.6 Å². The summed E-state index contributed by atoms with van der Waals surface area (Å²) in [4.78, 5) is 14.0. The number of hydrogen-bond acceptors (Lipinski definition) is 5. The van der Waals surface area contributed by atoms with E-state index in [9.17, 15) is 4.79 Å². The van der Waals surface area contributed by atoms with Crippen LogP contribution in [0, 0.1) is 12.3 Å². The molecular formula is C18H25ClN4O2. The van der Waals surface area contributed by atoms with Crippen LogP contribution in [0.15, 0.2) is 6.07 Å². The predicted molar refractivity (Wildman–Crippen MR) is 98.6 cm³/mol. The lowest BCUT2D eigenvalue weighted by Gasteiger charge is -2.34. The number of rotatable bonds is 4. The predicted octanol–water partition coefficient (Wildman–Crippen LogP) is 3.51. The molecule has 0 aliphatic carbocycles. The molecule has 1 aromatic heterocycles. The van der Waals surface area contributed by atoms with Crippen LogP contribution in [0.1, 0.15) is 45.6 Å². The van der Waals surface area contributed by atoms with Crippen molar-refractivity contribution in [2.24, 2.45) is 0 Å². The molecule has 1 aromatic rings. The fourth-order valence-electron chi connectivity index (χ4n) is 2.66. The molecule has 0 saturated carbocycles. The Labute approximate surface area is 154 Å². The van der Waals surface area contributed by atoms with E-state index in [4.69, 9.17) is 22.8 Å². The summed E-state index contributed by atoms with van der Waals surface area (Å²) in [5, 5.41) is 11.8. The van der Waals surface area contributed by atoms with Crippen molar-refractivity contribution in [1.29, 1.82) is 0 Å². The molecule has 7 heteroatoms. The van der Waals surface area contributed by atoms with Crippen molar-refractivity contribution in [2.75, 3.05) is 18.4 Å². The summed E-state index contributed by atoms with van der Waals surface area (Å²) in [6.07, 6.45) is 8.14. The second-order valence-electron chi connectivity index (χ2n) is 7.16. The first-order valence-corrected chi connectivity index (χ1v) is 8.86. The maximum atomic E-state index is 12.2. The Hall–Kier alpha value is -2.00. The highest BCUT2D eigenvalue weighted by Gasteiger charge is 2.27. The average molecular weight is 365 g/mol. The summed E-state index contributed by atoms with van der Waals surface area (Å²) >= 11 is 6.06. The lowest BCUT2D eigenvalue weighted by molar-refractivity contribution is 0.0206. The molecule has 1 aliphatic rings. The van der Waals surface area contributed by atoms with E-state index in [1.165, 1.54) is 0 Å². The minimum atomic E-state index is -0.495. The van der Waals surface area contributed by atoms with Gasteiger partial charge in [-0.15, -0.1) is 22.5 Å². The smallest absolute Gasteiger partial charge is 0.410 e. The first kappa shape index (κ1) is 19.3. The molecule has 2 rings (SSSR count). The number of amides is 1. The van der Waals surface area contributed by atoms with Crippen LogP contribution in [0.5, 0.6) is 0 Å². The van der Waals surface area contributed by atoms with Gasteiger partial charge < -0.3 is 15.0 Å². The largest absolute Gasteiger partial charge is 0.444 e. The molecule has 0 radical (unpaired) electrons. The summed E-state index contributed by atoms with van der Waals surface area (Å²) in [6.45, 7) is 6.87. The number of nitrogens with zero attached hydrogens (tertiary/aromatic N) is 3. The third-order valence-corrected chi connectivity index (χ3v) is 4.10. The Morgan fingerprint density at radius 3 is 2.96 bits per heavy atom. The number of terminal acetylenes is 1. The number of piperidine rings is 1. The highest BCUT2D eigenvalue weighted by Crippen LogP contribution is 2.20. The monoisotopic (exact) mass is 364 g/mol. The average Bonchev–Trinajstić information content (AvgIpc) is 2.54. The van der Waals surface area contributed by atoms with Gasteiger partial charge in [0.2, 0.25) is 0 Å². The number of aromatic nitrogens is 2. The molecule has 25 heavy (non-hydrogen) atoms. The van der Waals surface area contributed by atoms with Gasteiger partial charge in [-0.25, -0.2) is 4.79 Å². The lowest BCUT2D eigenvalue weighted by Crippen LogP contribution is -2.47. The number of hydrogen-bond donors (Lipinski definition) is 1. The van der Waals surface area contributed by atoms with Crippen LogP contribution in [0.2, 0.25) is 5.15 Å². The van der Waals surface area contributed by atoms with Crippen molar-refractivity contribution in [1.82, 2.24) is 15.1 Å². The molecule has 0 spiro atoms. The molecule has 136 valence electrons. The fourth-order valence-corrected chi connectivity index (χ4v) is 2.85. The number of anilines is 1. The van der Waals surface area contributed by atoms with Gasteiger partial charge in [0, 0.05) is 25.6 Å². The Balaban J connectivity index is 1.98. The maximum absolute atomic E-state index is 12.2. The van der Waals surface area contributed by atoms with Gasteiger partial charge in [-0.05, 0) is 51.7 Å². The maximum Gasteiger partial charge on any atom is 0.410 e. The van der Waals surface area contributed by atoms with Crippen LogP contribution < -0.4 is 5.32 Å². The summed E-state index contributed by atoms with van der Waals surface area (Å²) in [6, 6.07) is 1.97. The van der Waals surface area contributed by atoms with E-state index in [1.807, 2.05) is 26.8 Å². The molecule has 1 fully saturated rings. The first-order valence-electron chi connectivity index (χ1n) is 8.48. The molecule has 0 aromatic carbocycles. The summed E-state index contributed by atoms with van der Waals surface area (Å²) in [7, 11) is 0. The van der Waals surface area contributed by atoms with Crippen LogP contribution >= 0.6 is 11.6 Å². The van der Waals surface area contributed by atoms with E-state index in [0.29, 0.717) is 36.9 Å². The normalized spacial score (nSPS) is 17.7. The fraction of sp³-hybridized carbons (Fsp3) is 0.611. The molecule has 1 amide bonds. The van der Waals surface area contributed by atoms with E-state index in [0.717, 1.165) is 18.4 Å². The first-order chi connectivity index (χ1) is 11.8. The number of aryl methyl sites for hydroxylation is 1. The molecular weight excluding hydrogens is 340 g/mol. The highest BCUT2D eigenvalue weighted by molar-refractivity contribution is 6.30. The molecule has 1 N–H and O–H groups in total. The zero-order valence-electron chi connectivity index (χ0n) is 15.0. The molecule has 1 atom stereocenters. The van der Waals surface area contributed by atoms with E-state index < -0.39 is 5.60 Å². The highest BCUT2D eigenvalue weighted by atomic mass is 35.5. The summed E-state index contributed by atoms with van der Waals surface area (Å²) in [5.41, 5.74) is 0.377. The third kappa shape index (κ3) is 6.09. The van der Waals surface area contributed by atoms with Gasteiger partial charge in [0.15, 0.2) is 5.15 Å². The van der Waals surface area contributed by atoms with E-state index in [1.54, 1.807) is 4.90 Å². The van der Waals surface area contributed by atoms with Gasteiger partial charge in [0.25, 0.3) is 0 Å². The van der Waals surface area contributed by atoms with Gasteiger partial charge in [-0.3, -0.25) is 0 Å². The number of likely N-dealkylation sites (tertiary alicyclic amines) is 1. The molecule has 6 nitrogen and oxygen atoms in total. The van der Waals surface area contributed by atoms with Crippen molar-refractivity contribution in [2.45, 2.75) is 58.1 Å². The molecule has 0 bridgehead atoms. The standard InChI is InChI=1S/C18H25ClN4O2/c1-5-6-8-13-11-15(21-22-16(13)19)20-14-9-7-10-23(12-14)17(24)25-18(2,3)4/h1,11,14H,6-10,12H2,2-4H3,(H,20,21)/t14-/m1/s1. The zero-order valence-corrected chi connectivity index (χ0v) is 15.8. The Bertz CT molecular complexity index is 651. The van der Waals surface area contributed by atoms with Crippen molar-refractivity contribution >= 4 is 23.5 Å². The van der Waals surface area contributed by atoms with Crippen molar-refractivity contribution in [3.05, 3.63) is 16.8 Å². The number of carbonyl (C=O) groups excluding carboxylic acids is 1. The quantitative estimate of drug-likeness (QED) is 0.828. The van der Waals surface area contributed by atoms with Crippen molar-refractivity contribution in [3.8, 4) is 12.3 Å². The zero-order chi connectivity index (χ0) is 18.4. The van der Waals surface area contributed by atoms with Gasteiger partial charge in [-0.2, -0.15) is 0 Å². The minimum absolute atomic E-state index is 0.0947. The third-order valence-electron chi connectivity index (χ3n) is 3.79. The van der Waals surface area contributed by atoms with Crippen LogP contribution in [-0.4, -0.2) is 45.9 Å². The van der Waals surface area contributed by atoms with Crippen LogP contribution in [0.25, 0.3) is 0 Å². The second kappa shape index (κ2) is 8.39. The SMILES string of the molecule is C#CCCc1cc(N[C@@H]2CCCN(C(=O)OC(C)(C)C)C2)nnc1Cl. The molecule has 0 unspecified atom stereocenters. The minimum Gasteiger partial charge on any atom is -0.444 e. The van der Waals surface area contributed by atoms with Gasteiger partial charge >= 0.3 is 6.09 Å². The van der Waals surface area contributed by atoms with Gasteiger partial charge in [-0.1, -0.05) is 11.6 Å². The second-order valence-corrected chi connectivity index (χ2v) is 7.52. The van der Waals surface area contributed by atoms with Gasteiger partial charge in [0.05, 0.1) is 0 Å². The van der Waals surface area contributed by atoms with Crippen molar-refractivity contribution in [3.63, 3.8) is 0 Å². The van der Waals surface area contributed by atoms with E-state index in [2.05, 4.69) is 21.4 Å².